The van der Waals surface area contributed by atoms with Gasteiger partial charge in [-0.05, 0) is 50.8 Å². The van der Waals surface area contributed by atoms with Gasteiger partial charge in [-0.2, -0.15) is 0 Å². The first-order valence-electron chi connectivity index (χ1n) is 7.24. The molecule has 22 heavy (non-hydrogen) atoms. The normalized spacial score (nSPS) is 22.3. The largest absolute Gasteiger partial charge is 0.598 e. The lowest BCUT2D eigenvalue weighted by Crippen LogP contribution is -2.51. The Bertz CT molecular complexity index is 573. The molecule has 0 bridgehead atoms. The van der Waals surface area contributed by atoms with E-state index in [1.807, 2.05) is 20.8 Å². The van der Waals surface area contributed by atoms with Crippen LogP contribution >= 0.6 is 0 Å². The lowest BCUT2D eigenvalue weighted by Gasteiger charge is -2.34. The second-order valence-corrected chi connectivity index (χ2v) is 8.55. The standard InChI is InChI=1S/C16H22FNO3S/c1-15(2,3)22(20)18-16(10-14(19)21-4)9-8-11-12(16)6-5-7-13(11)17/h5-7,18H,8-10H2,1-4H3/t16-,22?/m1/s1. The van der Waals surface area contributed by atoms with Gasteiger partial charge in [0.2, 0.25) is 0 Å². The van der Waals surface area contributed by atoms with Crippen molar-refractivity contribution in [3.8, 4) is 0 Å². The van der Waals surface area contributed by atoms with Crippen LogP contribution in [0.4, 0.5) is 4.39 Å². The summed E-state index contributed by atoms with van der Waals surface area (Å²) in [5.74, 6) is -0.692. The van der Waals surface area contributed by atoms with E-state index in [4.69, 9.17) is 4.74 Å². The quantitative estimate of drug-likeness (QED) is 0.682. The molecule has 1 unspecified atom stereocenters. The molecule has 4 nitrogen and oxygen atoms in total. The molecule has 1 aliphatic rings. The highest BCUT2D eigenvalue weighted by molar-refractivity contribution is 7.90. The summed E-state index contributed by atoms with van der Waals surface area (Å²) in [5.41, 5.74) is 0.447. The van der Waals surface area contributed by atoms with E-state index in [-0.39, 0.29) is 12.2 Å². The van der Waals surface area contributed by atoms with Crippen LogP contribution in [0.3, 0.4) is 0 Å². The van der Waals surface area contributed by atoms with Crippen LogP contribution in [-0.2, 0) is 32.9 Å². The Balaban J connectivity index is 2.42. The van der Waals surface area contributed by atoms with Crippen molar-refractivity contribution in [1.82, 2.24) is 4.72 Å². The maximum absolute atomic E-state index is 14.0. The highest BCUT2D eigenvalue weighted by atomic mass is 32.2. The third kappa shape index (κ3) is 3.29. The molecule has 0 spiro atoms. The van der Waals surface area contributed by atoms with Crippen LogP contribution in [0.25, 0.3) is 0 Å². The van der Waals surface area contributed by atoms with E-state index < -0.39 is 27.6 Å². The van der Waals surface area contributed by atoms with E-state index in [1.54, 1.807) is 12.1 Å². The Kier molecular flexibility index (Phi) is 4.84. The second-order valence-electron chi connectivity index (χ2n) is 6.58. The summed E-state index contributed by atoms with van der Waals surface area (Å²) in [6.07, 6.45) is 1.05. The molecule has 0 amide bonds. The lowest BCUT2D eigenvalue weighted by atomic mass is 9.89. The van der Waals surface area contributed by atoms with Crippen LogP contribution in [0.5, 0.6) is 0 Å². The van der Waals surface area contributed by atoms with Gasteiger partial charge in [-0.15, -0.1) is 4.72 Å². The molecule has 1 aliphatic carbocycles. The highest BCUT2D eigenvalue weighted by Crippen LogP contribution is 2.42. The number of carbonyl (C=O) groups is 1. The van der Waals surface area contributed by atoms with Crippen LogP contribution in [0.1, 0.15) is 44.7 Å². The molecule has 0 heterocycles. The molecule has 1 N–H and O–H groups in total. The summed E-state index contributed by atoms with van der Waals surface area (Å²) in [6, 6.07) is 4.82. The van der Waals surface area contributed by atoms with Gasteiger partial charge >= 0.3 is 5.97 Å². The van der Waals surface area contributed by atoms with E-state index >= 15 is 0 Å². The number of carbonyl (C=O) groups excluding carboxylic acids is 1. The van der Waals surface area contributed by atoms with Gasteiger partial charge < -0.3 is 9.29 Å². The average molecular weight is 327 g/mol. The van der Waals surface area contributed by atoms with Crippen molar-refractivity contribution in [1.29, 1.82) is 0 Å². The minimum Gasteiger partial charge on any atom is -0.598 e. The molecule has 0 radical (unpaired) electrons. The molecule has 1 aromatic carbocycles. The van der Waals surface area contributed by atoms with Crippen LogP contribution in [0.2, 0.25) is 0 Å². The number of ether oxygens (including phenoxy) is 1. The summed E-state index contributed by atoms with van der Waals surface area (Å²) < 4.78 is 33.9. The topological polar surface area (TPSA) is 61.4 Å². The molecule has 122 valence electrons. The molecule has 0 saturated heterocycles. The van der Waals surface area contributed by atoms with E-state index in [0.29, 0.717) is 24.0 Å². The van der Waals surface area contributed by atoms with Gasteiger partial charge in [-0.1, -0.05) is 12.1 Å². The Morgan fingerprint density at radius 3 is 2.77 bits per heavy atom. The number of halogens is 1. The maximum atomic E-state index is 14.0. The van der Waals surface area contributed by atoms with E-state index in [9.17, 15) is 13.7 Å². The number of rotatable bonds is 4. The fourth-order valence-electron chi connectivity index (χ4n) is 2.71. The van der Waals surface area contributed by atoms with Gasteiger partial charge in [-0.3, -0.25) is 4.79 Å². The van der Waals surface area contributed by atoms with Crippen LogP contribution in [0.15, 0.2) is 18.2 Å². The molecule has 0 aromatic heterocycles. The monoisotopic (exact) mass is 327 g/mol. The van der Waals surface area contributed by atoms with E-state index in [2.05, 4.69) is 4.72 Å². The van der Waals surface area contributed by atoms with Crippen molar-refractivity contribution in [3.63, 3.8) is 0 Å². The van der Waals surface area contributed by atoms with Crippen molar-refractivity contribution in [2.45, 2.75) is 50.3 Å². The third-order valence-electron chi connectivity index (χ3n) is 3.95. The van der Waals surface area contributed by atoms with Crippen LogP contribution in [0, 0.1) is 5.82 Å². The van der Waals surface area contributed by atoms with Gasteiger partial charge in [0.15, 0.2) is 0 Å². The molecule has 2 atom stereocenters. The molecule has 0 aliphatic heterocycles. The Morgan fingerprint density at radius 2 is 2.18 bits per heavy atom. The van der Waals surface area contributed by atoms with Crippen molar-refractivity contribution < 1.29 is 18.5 Å². The maximum Gasteiger partial charge on any atom is 0.307 e. The summed E-state index contributed by atoms with van der Waals surface area (Å²) in [7, 11) is 1.32. The van der Waals surface area contributed by atoms with Gasteiger partial charge in [-0.25, -0.2) is 4.39 Å². The van der Waals surface area contributed by atoms with Crippen molar-refractivity contribution in [2.75, 3.05) is 7.11 Å². The molecule has 0 fully saturated rings. The zero-order chi connectivity index (χ0) is 16.5. The predicted octanol–water partition coefficient (Wildman–Crippen LogP) is 2.58. The highest BCUT2D eigenvalue weighted by Gasteiger charge is 2.47. The minimum absolute atomic E-state index is 0.0295. The average Bonchev–Trinajstić information content (AvgIpc) is 2.78. The summed E-state index contributed by atoms with van der Waals surface area (Å²) in [4.78, 5) is 11.8. The fraction of sp³-hybridized carbons (Fsp3) is 0.562. The van der Waals surface area contributed by atoms with Gasteiger partial charge in [0, 0.05) is 11.4 Å². The third-order valence-corrected chi connectivity index (χ3v) is 5.64. The molecular formula is C16H22FNO3S. The van der Waals surface area contributed by atoms with Crippen LogP contribution in [-0.4, -0.2) is 22.4 Å². The SMILES string of the molecule is COC(=O)C[C@]1(N[S+]([O-])C(C)(C)C)CCc2c(F)cccc21. The number of benzene rings is 1. The number of hydrogen-bond donors (Lipinski definition) is 1. The first-order chi connectivity index (χ1) is 10.2. The second kappa shape index (κ2) is 6.18. The first kappa shape index (κ1) is 17.2. The van der Waals surface area contributed by atoms with Crippen LogP contribution < -0.4 is 4.72 Å². The van der Waals surface area contributed by atoms with Gasteiger partial charge in [0.25, 0.3) is 0 Å². The summed E-state index contributed by atoms with van der Waals surface area (Å²) >= 11 is -1.38. The first-order valence-corrected chi connectivity index (χ1v) is 8.39. The van der Waals surface area contributed by atoms with E-state index in [1.165, 1.54) is 13.2 Å². The Hall–Kier alpha value is -1.11. The Morgan fingerprint density at radius 1 is 1.50 bits per heavy atom. The number of fused-ring (bicyclic) bond motifs is 1. The molecule has 1 aromatic rings. The van der Waals surface area contributed by atoms with Crippen molar-refractivity contribution in [3.05, 3.63) is 35.1 Å². The molecule has 6 heteroatoms. The zero-order valence-corrected chi connectivity index (χ0v) is 14.2. The van der Waals surface area contributed by atoms with E-state index in [0.717, 1.165) is 0 Å². The number of nitrogens with one attached hydrogen (secondary N) is 1. The molecule has 2 rings (SSSR count). The van der Waals surface area contributed by atoms with Gasteiger partial charge in [0.1, 0.15) is 10.6 Å². The summed E-state index contributed by atoms with van der Waals surface area (Å²) in [5, 5.41) is 0. The van der Waals surface area contributed by atoms with Crippen molar-refractivity contribution in [2.24, 2.45) is 0 Å². The number of methoxy groups -OCH3 is 1. The summed E-state index contributed by atoms with van der Waals surface area (Å²) in [6.45, 7) is 5.55. The van der Waals surface area contributed by atoms with Gasteiger partial charge in [0.05, 0.1) is 19.1 Å². The van der Waals surface area contributed by atoms with Crippen molar-refractivity contribution >= 4 is 17.3 Å². The molecule has 0 saturated carbocycles. The Labute approximate surface area is 133 Å². The minimum atomic E-state index is -1.38. The smallest absolute Gasteiger partial charge is 0.307 e. The fourth-order valence-corrected chi connectivity index (χ4v) is 3.65. The zero-order valence-electron chi connectivity index (χ0n) is 13.4. The molecular weight excluding hydrogens is 305 g/mol. The number of hydrogen-bond acceptors (Lipinski definition) is 4. The number of esters is 1. The lowest BCUT2D eigenvalue weighted by molar-refractivity contribution is -0.142. The predicted molar refractivity (Wildman–Crippen MR) is 84.1 cm³/mol.